The number of halogens is 3. The van der Waals surface area contributed by atoms with E-state index in [0.29, 0.717) is 5.56 Å². The SMILES string of the molecule is C/C=C/CCc1ccc(C(=O)Oc2ccc3c(F)c(F)c(F)cc3c2)cc1. The average Bonchev–Trinajstić information content (AvgIpc) is 2.67. The summed E-state index contributed by atoms with van der Waals surface area (Å²) in [6, 6.07) is 11.8. The Balaban J connectivity index is 1.76. The van der Waals surface area contributed by atoms with E-state index in [1.54, 1.807) is 12.1 Å². The molecular weight excluding hydrogens is 353 g/mol. The smallest absolute Gasteiger partial charge is 0.343 e. The van der Waals surface area contributed by atoms with Crippen molar-refractivity contribution in [1.29, 1.82) is 0 Å². The summed E-state index contributed by atoms with van der Waals surface area (Å²) in [4.78, 5) is 12.3. The molecule has 0 amide bonds. The van der Waals surface area contributed by atoms with Crippen LogP contribution in [0.1, 0.15) is 29.3 Å². The lowest BCUT2D eigenvalue weighted by atomic mass is 10.1. The van der Waals surface area contributed by atoms with E-state index in [0.717, 1.165) is 24.5 Å². The van der Waals surface area contributed by atoms with Crippen molar-refractivity contribution in [3.63, 3.8) is 0 Å². The van der Waals surface area contributed by atoms with Crippen LogP contribution >= 0.6 is 0 Å². The zero-order valence-corrected chi connectivity index (χ0v) is 14.6. The fourth-order valence-corrected chi connectivity index (χ4v) is 2.74. The maximum atomic E-state index is 13.7. The van der Waals surface area contributed by atoms with E-state index in [1.807, 2.05) is 25.1 Å². The van der Waals surface area contributed by atoms with Gasteiger partial charge >= 0.3 is 5.97 Å². The molecule has 0 N–H and O–H groups in total. The predicted molar refractivity (Wildman–Crippen MR) is 98.4 cm³/mol. The Hall–Kier alpha value is -3.08. The lowest BCUT2D eigenvalue weighted by Crippen LogP contribution is -2.08. The van der Waals surface area contributed by atoms with Crippen LogP contribution in [0.25, 0.3) is 10.8 Å². The molecule has 0 saturated carbocycles. The molecule has 3 aromatic carbocycles. The topological polar surface area (TPSA) is 26.3 Å². The summed E-state index contributed by atoms with van der Waals surface area (Å²) in [6.45, 7) is 1.96. The van der Waals surface area contributed by atoms with Crippen LogP contribution in [0.4, 0.5) is 13.2 Å². The van der Waals surface area contributed by atoms with Crippen molar-refractivity contribution < 1.29 is 22.7 Å². The highest BCUT2D eigenvalue weighted by Gasteiger charge is 2.15. The minimum Gasteiger partial charge on any atom is -0.423 e. The number of hydrogen-bond acceptors (Lipinski definition) is 2. The number of fused-ring (bicyclic) bond motifs is 1. The third kappa shape index (κ3) is 4.19. The second-order valence-electron chi connectivity index (χ2n) is 6.06. The van der Waals surface area contributed by atoms with Gasteiger partial charge in [-0.05, 0) is 67.1 Å². The fraction of sp³-hybridized carbons (Fsp3) is 0.136. The van der Waals surface area contributed by atoms with Crippen molar-refractivity contribution in [3.05, 3.63) is 89.3 Å². The maximum Gasteiger partial charge on any atom is 0.343 e. The molecule has 0 atom stereocenters. The summed E-state index contributed by atoms with van der Waals surface area (Å²) in [5, 5.41) is 0.0233. The van der Waals surface area contributed by atoms with Gasteiger partial charge in [0.05, 0.1) is 5.56 Å². The summed E-state index contributed by atoms with van der Waals surface area (Å²) in [5.74, 6) is -4.55. The molecule has 3 aromatic rings. The van der Waals surface area contributed by atoms with Crippen LogP contribution in [-0.4, -0.2) is 5.97 Å². The van der Waals surface area contributed by atoms with Gasteiger partial charge in [-0.2, -0.15) is 0 Å². The molecule has 0 aliphatic rings. The Morgan fingerprint density at radius 1 is 1.00 bits per heavy atom. The predicted octanol–water partition coefficient (Wildman–Crippen LogP) is 5.99. The van der Waals surface area contributed by atoms with Gasteiger partial charge in [-0.3, -0.25) is 0 Å². The van der Waals surface area contributed by atoms with E-state index in [4.69, 9.17) is 4.74 Å². The summed E-state index contributed by atoms with van der Waals surface area (Å²) >= 11 is 0. The number of carbonyl (C=O) groups excluding carboxylic acids is 1. The third-order valence-electron chi connectivity index (χ3n) is 4.18. The normalized spacial score (nSPS) is 11.3. The zero-order valence-electron chi connectivity index (χ0n) is 14.6. The molecule has 0 aromatic heterocycles. The lowest BCUT2D eigenvalue weighted by Gasteiger charge is -2.08. The van der Waals surface area contributed by atoms with Gasteiger partial charge in [0.2, 0.25) is 0 Å². The Morgan fingerprint density at radius 2 is 1.74 bits per heavy atom. The first kappa shape index (κ1) is 18.7. The van der Waals surface area contributed by atoms with Crippen LogP contribution in [0.2, 0.25) is 0 Å². The number of allylic oxidation sites excluding steroid dienone is 2. The molecule has 0 radical (unpaired) electrons. The molecule has 27 heavy (non-hydrogen) atoms. The van der Waals surface area contributed by atoms with Crippen LogP contribution in [0, 0.1) is 17.5 Å². The van der Waals surface area contributed by atoms with Crippen LogP contribution in [0.3, 0.4) is 0 Å². The average molecular weight is 370 g/mol. The van der Waals surface area contributed by atoms with Crippen molar-refractivity contribution in [1.82, 2.24) is 0 Å². The van der Waals surface area contributed by atoms with Gasteiger partial charge in [0.1, 0.15) is 5.75 Å². The van der Waals surface area contributed by atoms with E-state index in [9.17, 15) is 18.0 Å². The monoisotopic (exact) mass is 370 g/mol. The molecule has 0 saturated heterocycles. The highest BCUT2D eigenvalue weighted by Crippen LogP contribution is 2.27. The molecule has 0 unspecified atom stereocenters. The second-order valence-corrected chi connectivity index (χ2v) is 6.06. The number of aryl methyl sites for hydroxylation is 1. The van der Waals surface area contributed by atoms with Gasteiger partial charge in [-0.15, -0.1) is 0 Å². The molecule has 138 valence electrons. The van der Waals surface area contributed by atoms with Crippen molar-refractivity contribution in [2.45, 2.75) is 19.8 Å². The maximum absolute atomic E-state index is 13.7. The van der Waals surface area contributed by atoms with E-state index in [1.165, 1.54) is 18.2 Å². The molecule has 0 heterocycles. The number of rotatable bonds is 5. The van der Waals surface area contributed by atoms with Gasteiger partial charge in [0, 0.05) is 5.39 Å². The number of carbonyl (C=O) groups is 1. The molecule has 0 spiro atoms. The standard InChI is InChI=1S/C22H17F3O2/c1-2-3-4-5-14-6-8-15(9-7-14)22(26)27-17-10-11-18-16(12-17)13-19(23)21(25)20(18)24/h2-3,6-13H,4-5H2,1H3/b3-2+. The number of benzene rings is 3. The van der Waals surface area contributed by atoms with Crippen LogP contribution in [-0.2, 0) is 6.42 Å². The van der Waals surface area contributed by atoms with E-state index < -0.39 is 23.4 Å². The van der Waals surface area contributed by atoms with Crippen molar-refractivity contribution in [3.8, 4) is 5.75 Å². The van der Waals surface area contributed by atoms with Crippen LogP contribution in [0.15, 0.2) is 60.7 Å². The molecule has 3 rings (SSSR count). The van der Waals surface area contributed by atoms with Crippen molar-refractivity contribution >= 4 is 16.7 Å². The Morgan fingerprint density at radius 3 is 2.44 bits per heavy atom. The number of hydrogen-bond donors (Lipinski definition) is 0. The zero-order chi connectivity index (χ0) is 19.4. The highest BCUT2D eigenvalue weighted by molar-refractivity contribution is 5.92. The first-order valence-corrected chi connectivity index (χ1v) is 8.49. The molecule has 0 aliphatic heterocycles. The van der Waals surface area contributed by atoms with E-state index in [2.05, 4.69) is 6.08 Å². The minimum atomic E-state index is -1.53. The third-order valence-corrected chi connectivity index (χ3v) is 4.18. The fourth-order valence-electron chi connectivity index (χ4n) is 2.74. The Kier molecular flexibility index (Phi) is 5.60. The molecule has 2 nitrogen and oxygen atoms in total. The largest absolute Gasteiger partial charge is 0.423 e. The molecular formula is C22H17F3O2. The van der Waals surface area contributed by atoms with Crippen LogP contribution in [0.5, 0.6) is 5.75 Å². The molecule has 0 aliphatic carbocycles. The van der Waals surface area contributed by atoms with E-state index >= 15 is 0 Å². The summed E-state index contributed by atoms with van der Waals surface area (Å²) in [5.41, 5.74) is 1.46. The van der Waals surface area contributed by atoms with Gasteiger partial charge < -0.3 is 4.74 Å². The molecule has 0 fully saturated rings. The van der Waals surface area contributed by atoms with Crippen molar-refractivity contribution in [2.75, 3.05) is 0 Å². The Bertz CT molecular complexity index is 1010. The highest BCUT2D eigenvalue weighted by atomic mass is 19.2. The van der Waals surface area contributed by atoms with E-state index in [-0.39, 0.29) is 16.5 Å². The second kappa shape index (κ2) is 8.08. The summed E-state index contributed by atoms with van der Waals surface area (Å²) < 4.78 is 45.7. The number of esters is 1. The number of ether oxygens (including phenoxy) is 1. The van der Waals surface area contributed by atoms with Gasteiger partial charge in [0.15, 0.2) is 17.5 Å². The summed E-state index contributed by atoms with van der Waals surface area (Å²) in [6.07, 6.45) is 5.85. The minimum absolute atomic E-state index is 0.0841. The first-order valence-electron chi connectivity index (χ1n) is 8.49. The lowest BCUT2D eigenvalue weighted by molar-refractivity contribution is 0.0735. The quantitative estimate of drug-likeness (QED) is 0.239. The van der Waals surface area contributed by atoms with Gasteiger partial charge in [-0.1, -0.05) is 24.3 Å². The van der Waals surface area contributed by atoms with Crippen molar-refractivity contribution in [2.24, 2.45) is 0 Å². The Labute approximate surface area is 154 Å². The molecule has 5 heteroatoms. The summed E-state index contributed by atoms with van der Waals surface area (Å²) in [7, 11) is 0. The van der Waals surface area contributed by atoms with Gasteiger partial charge in [0.25, 0.3) is 0 Å². The van der Waals surface area contributed by atoms with Crippen LogP contribution < -0.4 is 4.74 Å². The molecule has 0 bridgehead atoms. The first-order chi connectivity index (χ1) is 13.0. The van der Waals surface area contributed by atoms with Gasteiger partial charge in [-0.25, -0.2) is 18.0 Å².